The molecule has 0 bridgehead atoms. The molecule has 0 spiro atoms. The molecule has 1 aliphatic rings. The van der Waals surface area contributed by atoms with Crippen molar-refractivity contribution < 1.29 is 33.8 Å². The van der Waals surface area contributed by atoms with Crippen molar-refractivity contribution in [3.05, 3.63) is 12.2 Å². The average molecular weight is 490 g/mol. The first-order valence-corrected chi connectivity index (χ1v) is 12.4. The number of carboxylic acid groups (broad SMARTS) is 1. The van der Waals surface area contributed by atoms with E-state index in [0.717, 1.165) is 17.1 Å². The van der Waals surface area contributed by atoms with E-state index in [0.29, 0.717) is 5.75 Å². The van der Waals surface area contributed by atoms with Crippen LogP contribution in [0.3, 0.4) is 0 Å². The molecule has 0 aromatic heterocycles. The molecule has 0 aliphatic carbocycles. The van der Waals surface area contributed by atoms with Crippen molar-refractivity contribution in [2.45, 2.75) is 44.4 Å². The maximum atomic E-state index is 12.9. The molecular formula is C20H31N3O7S2. The molecule has 2 atom stereocenters. The van der Waals surface area contributed by atoms with Crippen LogP contribution in [0.2, 0.25) is 0 Å². The fraction of sp³-hybridized carbons (Fsp3) is 0.650. The van der Waals surface area contributed by atoms with E-state index in [9.17, 15) is 24.0 Å². The van der Waals surface area contributed by atoms with Gasteiger partial charge in [0, 0.05) is 42.2 Å². The summed E-state index contributed by atoms with van der Waals surface area (Å²) in [5.74, 6) is -3.35. The molecule has 12 heteroatoms. The lowest BCUT2D eigenvalue weighted by Gasteiger charge is -2.26. The molecule has 32 heavy (non-hydrogen) atoms. The minimum absolute atomic E-state index is 0.0370. The zero-order chi connectivity index (χ0) is 24.3. The maximum absolute atomic E-state index is 12.9. The third kappa shape index (κ3) is 10.2. The molecule has 180 valence electrons. The summed E-state index contributed by atoms with van der Waals surface area (Å²) >= 11 is 0. The summed E-state index contributed by atoms with van der Waals surface area (Å²) < 4.78 is 5.10. The lowest BCUT2D eigenvalue weighted by molar-refractivity contribution is -0.145. The van der Waals surface area contributed by atoms with Crippen LogP contribution in [0.1, 0.15) is 33.6 Å². The quantitative estimate of drug-likeness (QED) is 0.169. The second-order valence-corrected chi connectivity index (χ2v) is 11.2. The molecule has 10 nitrogen and oxygen atoms in total. The van der Waals surface area contributed by atoms with Crippen molar-refractivity contribution in [1.82, 2.24) is 10.2 Å². The van der Waals surface area contributed by atoms with E-state index in [1.165, 1.54) is 10.8 Å². The number of rotatable bonds is 15. The van der Waals surface area contributed by atoms with Crippen LogP contribution >= 0.6 is 21.6 Å². The second kappa shape index (κ2) is 13.6. The molecule has 0 radical (unpaired) electrons. The van der Waals surface area contributed by atoms with Crippen LogP contribution in [0.5, 0.6) is 0 Å². The number of nitrogens with zero attached hydrogens (tertiary/aromatic N) is 1. The first-order chi connectivity index (χ1) is 15.0. The van der Waals surface area contributed by atoms with Gasteiger partial charge in [-0.05, 0) is 0 Å². The summed E-state index contributed by atoms with van der Waals surface area (Å²) in [6.07, 6.45) is 1.86. The Morgan fingerprint density at radius 2 is 1.81 bits per heavy atom. The maximum Gasteiger partial charge on any atom is 0.305 e. The second-order valence-electron chi connectivity index (χ2n) is 8.03. The van der Waals surface area contributed by atoms with E-state index in [1.807, 2.05) is 20.8 Å². The highest BCUT2D eigenvalue weighted by Crippen LogP contribution is 2.36. The zero-order valence-corrected chi connectivity index (χ0v) is 20.1. The van der Waals surface area contributed by atoms with Crippen LogP contribution in [0.15, 0.2) is 12.2 Å². The van der Waals surface area contributed by atoms with Crippen LogP contribution in [0.25, 0.3) is 0 Å². The van der Waals surface area contributed by atoms with E-state index in [2.05, 4.69) is 5.32 Å². The molecular weight excluding hydrogens is 458 g/mol. The molecule has 0 saturated heterocycles. The fourth-order valence-electron chi connectivity index (χ4n) is 2.65. The highest BCUT2D eigenvalue weighted by atomic mass is 33.1. The lowest BCUT2D eigenvalue weighted by atomic mass is 9.98. The average Bonchev–Trinajstić information content (AvgIpc) is 3.01. The Balaban J connectivity index is 2.71. The largest absolute Gasteiger partial charge is 0.481 e. The van der Waals surface area contributed by atoms with Crippen molar-refractivity contribution in [2.75, 3.05) is 32.1 Å². The van der Waals surface area contributed by atoms with Gasteiger partial charge in [-0.15, -0.1) is 0 Å². The van der Waals surface area contributed by atoms with E-state index < -0.39 is 35.5 Å². The number of hydrogen-bond donors (Lipinski definition) is 3. The Hall–Kier alpha value is -1.89. The number of carbonyl (C=O) groups is 5. The van der Waals surface area contributed by atoms with Gasteiger partial charge in [0.05, 0.1) is 25.6 Å². The predicted molar refractivity (Wildman–Crippen MR) is 123 cm³/mol. The highest BCUT2D eigenvalue weighted by molar-refractivity contribution is 8.77. The number of ketones is 1. The van der Waals surface area contributed by atoms with Gasteiger partial charge < -0.3 is 20.9 Å². The molecule has 1 heterocycles. The Kier molecular flexibility index (Phi) is 12.0. The third-order valence-corrected chi connectivity index (χ3v) is 7.57. The molecule has 4 N–H and O–H groups in total. The van der Waals surface area contributed by atoms with Crippen molar-refractivity contribution in [3.63, 3.8) is 0 Å². The number of aliphatic carboxylic acids is 1. The molecule has 0 fully saturated rings. The van der Waals surface area contributed by atoms with E-state index in [-0.39, 0.29) is 49.8 Å². The molecule has 1 rings (SSSR count). The number of Topliss-reactive ketones (excluding diaryl/α,β-unsaturated/α-hetero) is 1. The Morgan fingerprint density at radius 3 is 2.34 bits per heavy atom. The van der Waals surface area contributed by atoms with Gasteiger partial charge in [-0.25, -0.2) is 0 Å². The van der Waals surface area contributed by atoms with Gasteiger partial charge in [0.1, 0.15) is 6.04 Å². The van der Waals surface area contributed by atoms with Gasteiger partial charge in [0.25, 0.3) is 11.8 Å². The smallest absolute Gasteiger partial charge is 0.305 e. The topological polar surface area (TPSA) is 156 Å². The van der Waals surface area contributed by atoms with Crippen molar-refractivity contribution in [1.29, 1.82) is 0 Å². The number of carboxylic acids is 1. The zero-order valence-electron chi connectivity index (χ0n) is 18.5. The fourth-order valence-corrected chi connectivity index (χ4v) is 5.26. The van der Waals surface area contributed by atoms with E-state index >= 15 is 0 Å². The van der Waals surface area contributed by atoms with Crippen LogP contribution < -0.4 is 11.1 Å². The first kappa shape index (κ1) is 28.1. The van der Waals surface area contributed by atoms with Gasteiger partial charge in [-0.1, -0.05) is 42.4 Å². The molecule has 3 amide bonds. The van der Waals surface area contributed by atoms with Gasteiger partial charge >= 0.3 is 5.97 Å². The number of nitrogens with one attached hydrogen (secondary N) is 1. The number of imide groups is 1. The van der Waals surface area contributed by atoms with Gasteiger partial charge in [-0.2, -0.15) is 0 Å². The van der Waals surface area contributed by atoms with Crippen LogP contribution in [-0.4, -0.2) is 82.3 Å². The van der Waals surface area contributed by atoms with Gasteiger partial charge in [0.15, 0.2) is 5.78 Å². The normalized spacial score (nSPS) is 15.7. The number of nitrogens with two attached hydrogens (primary N) is 1. The summed E-state index contributed by atoms with van der Waals surface area (Å²) in [6, 6.07) is -1.13. The molecule has 0 aromatic rings. The van der Waals surface area contributed by atoms with Crippen LogP contribution in [-0.2, 0) is 28.7 Å². The lowest BCUT2D eigenvalue weighted by Crippen LogP contribution is -2.50. The van der Waals surface area contributed by atoms with Crippen molar-refractivity contribution in [2.24, 2.45) is 11.7 Å². The standard InChI is InChI=1S/C20H31N3O7S2/c1-20(2,3)32-31-12-13(19(29)22-7-9-30-8-6-18(27)28)10-15(24)14(11-21)23-16(25)4-5-17(23)26/h4-5,13-14H,6-12,21H2,1-3H3,(H,22,29)(H,27,28)/t13-,14-/m0/s1. The van der Waals surface area contributed by atoms with E-state index in [4.69, 9.17) is 15.6 Å². The molecule has 0 saturated carbocycles. The SMILES string of the molecule is CC(C)(C)SSC[C@H](CC(=O)[C@H](CN)N1C(=O)C=CC1=O)C(=O)NCCOCCC(=O)O. The number of carbonyl (C=O) groups excluding carboxylic acids is 4. The summed E-state index contributed by atoms with van der Waals surface area (Å²) in [5, 5.41) is 11.3. The minimum Gasteiger partial charge on any atom is -0.481 e. The van der Waals surface area contributed by atoms with Gasteiger partial charge in [-0.3, -0.25) is 28.9 Å². The van der Waals surface area contributed by atoms with Crippen LogP contribution in [0.4, 0.5) is 0 Å². The summed E-state index contributed by atoms with van der Waals surface area (Å²) in [6.45, 7) is 6.19. The Labute approximate surface area is 195 Å². The number of amides is 3. The highest BCUT2D eigenvalue weighted by Gasteiger charge is 2.36. The van der Waals surface area contributed by atoms with Crippen molar-refractivity contribution >= 4 is 51.1 Å². The summed E-state index contributed by atoms with van der Waals surface area (Å²) in [5.41, 5.74) is 5.67. The monoisotopic (exact) mass is 489 g/mol. The molecule has 1 aliphatic heterocycles. The van der Waals surface area contributed by atoms with Crippen LogP contribution in [0, 0.1) is 5.92 Å². The first-order valence-electron chi connectivity index (χ1n) is 10.1. The number of ether oxygens (including phenoxy) is 1. The third-order valence-electron chi connectivity index (χ3n) is 4.15. The summed E-state index contributed by atoms with van der Waals surface area (Å²) in [7, 11) is 3.03. The molecule has 0 unspecified atom stereocenters. The summed E-state index contributed by atoms with van der Waals surface area (Å²) in [4.78, 5) is 60.8. The number of hydrogen-bond acceptors (Lipinski definition) is 9. The minimum atomic E-state index is -1.13. The predicted octanol–water partition coefficient (Wildman–Crippen LogP) is 0.602. The molecule has 0 aromatic carbocycles. The van der Waals surface area contributed by atoms with Crippen molar-refractivity contribution in [3.8, 4) is 0 Å². The van der Waals surface area contributed by atoms with Gasteiger partial charge in [0.2, 0.25) is 5.91 Å². The Morgan fingerprint density at radius 1 is 1.19 bits per heavy atom. The Bertz CT molecular complexity index is 719. The van der Waals surface area contributed by atoms with E-state index in [1.54, 1.807) is 10.8 Å².